The van der Waals surface area contributed by atoms with Gasteiger partial charge < -0.3 is 4.74 Å². The number of halogens is 1. The van der Waals surface area contributed by atoms with Crippen molar-refractivity contribution in [1.82, 2.24) is 0 Å². The molecule has 19 heavy (non-hydrogen) atoms. The summed E-state index contributed by atoms with van der Waals surface area (Å²) in [5, 5.41) is 8.77. The second kappa shape index (κ2) is 6.49. The van der Waals surface area contributed by atoms with E-state index in [4.69, 9.17) is 10.00 Å². The van der Waals surface area contributed by atoms with Gasteiger partial charge in [0.25, 0.3) is 0 Å². The van der Waals surface area contributed by atoms with Crippen molar-refractivity contribution >= 4 is 0 Å². The zero-order valence-electron chi connectivity index (χ0n) is 11.1. The van der Waals surface area contributed by atoms with Gasteiger partial charge in [0.1, 0.15) is 11.9 Å². The number of nitriles is 1. The lowest BCUT2D eigenvalue weighted by Gasteiger charge is -2.24. The summed E-state index contributed by atoms with van der Waals surface area (Å²) in [7, 11) is 0. The van der Waals surface area contributed by atoms with E-state index in [1.165, 1.54) is 6.07 Å². The van der Waals surface area contributed by atoms with Gasteiger partial charge in [0.05, 0.1) is 18.8 Å². The molecule has 3 heteroatoms. The van der Waals surface area contributed by atoms with Crippen LogP contribution in [0, 0.1) is 29.0 Å². The van der Waals surface area contributed by atoms with Crippen LogP contribution in [0.25, 0.3) is 0 Å². The highest BCUT2D eigenvalue weighted by Gasteiger charge is 2.18. The topological polar surface area (TPSA) is 33.0 Å². The summed E-state index contributed by atoms with van der Waals surface area (Å²) in [5.41, 5.74) is 0.923. The number of nitrogens with zero attached hydrogens (tertiary/aromatic N) is 1. The first-order valence-corrected chi connectivity index (χ1v) is 6.62. The first-order valence-electron chi connectivity index (χ1n) is 6.62. The zero-order chi connectivity index (χ0) is 13.7. The van der Waals surface area contributed by atoms with Crippen LogP contribution in [0.1, 0.15) is 30.9 Å². The molecule has 0 heterocycles. The van der Waals surface area contributed by atoms with Crippen LogP contribution in [0.15, 0.2) is 30.4 Å². The van der Waals surface area contributed by atoms with Gasteiger partial charge in [-0.05, 0) is 42.4 Å². The van der Waals surface area contributed by atoms with Crippen LogP contribution in [-0.4, -0.2) is 6.61 Å². The summed E-state index contributed by atoms with van der Waals surface area (Å²) in [6, 6.07) is 6.39. The van der Waals surface area contributed by atoms with E-state index < -0.39 is 5.82 Å². The van der Waals surface area contributed by atoms with Gasteiger partial charge in [0.15, 0.2) is 0 Å². The highest BCUT2D eigenvalue weighted by atomic mass is 19.1. The van der Waals surface area contributed by atoms with Crippen molar-refractivity contribution < 1.29 is 9.13 Å². The van der Waals surface area contributed by atoms with Gasteiger partial charge in [0, 0.05) is 0 Å². The SMILES string of the molecule is CC1CC=CCC1COCc1ccc(F)c(C#N)c1. The van der Waals surface area contributed by atoms with E-state index in [9.17, 15) is 4.39 Å². The monoisotopic (exact) mass is 259 g/mol. The zero-order valence-corrected chi connectivity index (χ0v) is 11.1. The highest BCUT2D eigenvalue weighted by Crippen LogP contribution is 2.25. The van der Waals surface area contributed by atoms with Gasteiger partial charge in [-0.1, -0.05) is 25.1 Å². The van der Waals surface area contributed by atoms with E-state index in [2.05, 4.69) is 19.1 Å². The van der Waals surface area contributed by atoms with Crippen LogP contribution < -0.4 is 0 Å². The molecule has 0 radical (unpaired) electrons. The molecule has 2 unspecified atom stereocenters. The minimum atomic E-state index is -0.475. The molecule has 0 spiro atoms. The molecule has 0 bridgehead atoms. The van der Waals surface area contributed by atoms with Gasteiger partial charge >= 0.3 is 0 Å². The molecule has 1 aliphatic carbocycles. The Hall–Kier alpha value is -1.66. The van der Waals surface area contributed by atoms with Crippen LogP contribution >= 0.6 is 0 Å². The molecule has 1 aromatic rings. The van der Waals surface area contributed by atoms with Crippen LogP contribution in [0.3, 0.4) is 0 Å². The summed E-state index contributed by atoms with van der Waals surface area (Å²) >= 11 is 0. The Kier molecular flexibility index (Phi) is 4.70. The van der Waals surface area contributed by atoms with Crippen molar-refractivity contribution in [3.05, 3.63) is 47.3 Å². The second-order valence-corrected chi connectivity index (χ2v) is 5.12. The maximum Gasteiger partial charge on any atom is 0.140 e. The molecule has 0 saturated carbocycles. The standard InChI is InChI=1S/C16H18FNO/c1-12-4-2-3-5-14(12)11-19-10-13-6-7-16(17)15(8-13)9-18/h2-3,6-8,12,14H,4-5,10-11H2,1H3. The van der Waals surface area contributed by atoms with Crippen LogP contribution in [-0.2, 0) is 11.3 Å². The lowest BCUT2D eigenvalue weighted by atomic mass is 9.85. The number of hydrogen-bond donors (Lipinski definition) is 0. The van der Waals surface area contributed by atoms with Crippen molar-refractivity contribution in [3.63, 3.8) is 0 Å². The van der Waals surface area contributed by atoms with E-state index in [0.717, 1.165) is 18.4 Å². The molecule has 2 atom stereocenters. The van der Waals surface area contributed by atoms with Crippen LogP contribution in [0.4, 0.5) is 4.39 Å². The predicted octanol–water partition coefficient (Wildman–Crippen LogP) is 3.82. The second-order valence-electron chi connectivity index (χ2n) is 5.12. The number of benzene rings is 1. The maximum absolute atomic E-state index is 13.2. The minimum Gasteiger partial charge on any atom is -0.376 e. The Bertz CT molecular complexity index is 504. The van der Waals surface area contributed by atoms with Gasteiger partial charge in [0.2, 0.25) is 0 Å². The Morgan fingerprint density at radius 3 is 2.89 bits per heavy atom. The predicted molar refractivity (Wildman–Crippen MR) is 71.8 cm³/mol. The summed E-state index contributed by atoms with van der Waals surface area (Å²) in [6.45, 7) is 3.38. The molecular formula is C16H18FNO. The average Bonchev–Trinajstić information content (AvgIpc) is 2.43. The third kappa shape index (κ3) is 3.65. The fourth-order valence-corrected chi connectivity index (χ4v) is 2.32. The van der Waals surface area contributed by atoms with Gasteiger partial charge in [-0.15, -0.1) is 0 Å². The van der Waals surface area contributed by atoms with Crippen molar-refractivity contribution in [2.75, 3.05) is 6.61 Å². The fraction of sp³-hybridized carbons (Fsp3) is 0.438. The van der Waals surface area contributed by atoms with E-state index in [0.29, 0.717) is 25.0 Å². The molecule has 2 rings (SSSR count). The quantitative estimate of drug-likeness (QED) is 0.770. The summed E-state index contributed by atoms with van der Waals surface area (Å²) in [5.74, 6) is 0.728. The normalized spacial score (nSPS) is 22.2. The number of rotatable bonds is 4. The smallest absolute Gasteiger partial charge is 0.140 e. The number of allylic oxidation sites excluding steroid dienone is 2. The molecule has 0 fully saturated rings. The third-order valence-electron chi connectivity index (χ3n) is 3.67. The Morgan fingerprint density at radius 1 is 1.37 bits per heavy atom. The van der Waals surface area contributed by atoms with Crippen LogP contribution in [0.5, 0.6) is 0 Å². The average molecular weight is 259 g/mol. The van der Waals surface area contributed by atoms with Crippen LogP contribution in [0.2, 0.25) is 0 Å². The molecular weight excluding hydrogens is 241 g/mol. The fourth-order valence-electron chi connectivity index (χ4n) is 2.32. The van der Waals surface area contributed by atoms with Crippen molar-refractivity contribution in [2.24, 2.45) is 11.8 Å². The largest absolute Gasteiger partial charge is 0.376 e. The molecule has 1 aromatic carbocycles. The molecule has 1 aliphatic rings. The van der Waals surface area contributed by atoms with Crippen molar-refractivity contribution in [2.45, 2.75) is 26.4 Å². The van der Waals surface area contributed by atoms with Crippen molar-refractivity contribution in [3.8, 4) is 6.07 Å². The molecule has 0 aromatic heterocycles. The summed E-state index contributed by atoms with van der Waals surface area (Å²) in [4.78, 5) is 0. The third-order valence-corrected chi connectivity index (χ3v) is 3.67. The first kappa shape index (κ1) is 13.8. The van der Waals surface area contributed by atoms with E-state index in [-0.39, 0.29) is 5.56 Å². The highest BCUT2D eigenvalue weighted by molar-refractivity contribution is 5.34. The molecule has 0 aliphatic heterocycles. The lowest BCUT2D eigenvalue weighted by Crippen LogP contribution is -2.19. The summed E-state index contributed by atoms with van der Waals surface area (Å²) in [6.07, 6.45) is 6.61. The molecule has 100 valence electrons. The minimum absolute atomic E-state index is 0.0788. The Balaban J connectivity index is 1.86. The Morgan fingerprint density at radius 2 is 2.16 bits per heavy atom. The molecule has 0 saturated heterocycles. The lowest BCUT2D eigenvalue weighted by molar-refractivity contribution is 0.0680. The van der Waals surface area contributed by atoms with E-state index in [1.54, 1.807) is 12.1 Å². The molecule has 0 N–H and O–H groups in total. The van der Waals surface area contributed by atoms with Gasteiger partial charge in [-0.3, -0.25) is 0 Å². The molecule has 2 nitrogen and oxygen atoms in total. The van der Waals surface area contributed by atoms with Crippen molar-refractivity contribution in [1.29, 1.82) is 5.26 Å². The van der Waals surface area contributed by atoms with Gasteiger partial charge in [-0.2, -0.15) is 5.26 Å². The number of ether oxygens (including phenoxy) is 1. The van der Waals surface area contributed by atoms with E-state index >= 15 is 0 Å². The molecule has 0 amide bonds. The summed E-state index contributed by atoms with van der Waals surface area (Å²) < 4.78 is 18.9. The maximum atomic E-state index is 13.2. The van der Waals surface area contributed by atoms with E-state index in [1.807, 2.05) is 6.07 Å². The first-order chi connectivity index (χ1) is 9.20. The van der Waals surface area contributed by atoms with Gasteiger partial charge in [-0.25, -0.2) is 4.39 Å². The number of hydrogen-bond acceptors (Lipinski definition) is 2. The Labute approximate surface area is 113 Å².